The zero-order valence-electron chi connectivity index (χ0n) is 16.1. The first-order valence-electron chi connectivity index (χ1n) is 9.48. The molecule has 1 heterocycles. The van der Waals surface area contributed by atoms with E-state index in [1.54, 1.807) is 12.1 Å². The molecule has 1 fully saturated rings. The van der Waals surface area contributed by atoms with Crippen LogP contribution in [0.15, 0.2) is 53.4 Å². The van der Waals surface area contributed by atoms with Crippen molar-refractivity contribution in [1.29, 1.82) is 0 Å². The highest BCUT2D eigenvalue weighted by atomic mass is 32.2. The van der Waals surface area contributed by atoms with E-state index in [0.29, 0.717) is 12.1 Å². The Kier molecular flexibility index (Phi) is 6.52. The van der Waals surface area contributed by atoms with Crippen LogP contribution in [-0.2, 0) is 14.4 Å². The number of aryl methyl sites for hydroxylation is 1. The van der Waals surface area contributed by atoms with Crippen LogP contribution in [0.3, 0.4) is 0 Å². The van der Waals surface area contributed by atoms with Crippen molar-refractivity contribution in [2.24, 2.45) is 0 Å². The van der Waals surface area contributed by atoms with E-state index in [1.165, 1.54) is 16.7 Å². The van der Waals surface area contributed by atoms with Gasteiger partial charge < -0.3 is 5.32 Å². The van der Waals surface area contributed by atoms with Crippen molar-refractivity contribution in [2.75, 3.05) is 10.2 Å². The smallest absolute Gasteiger partial charge is 0.247 e. The van der Waals surface area contributed by atoms with E-state index in [4.69, 9.17) is 0 Å². The maximum Gasteiger partial charge on any atom is 0.247 e. The number of imide groups is 1. The molecule has 146 valence electrons. The monoisotopic (exact) mass is 396 g/mol. The Labute approximate surface area is 169 Å². The van der Waals surface area contributed by atoms with Gasteiger partial charge in [0.05, 0.1) is 10.9 Å². The molecule has 1 aliphatic rings. The summed E-state index contributed by atoms with van der Waals surface area (Å²) in [5.41, 5.74) is 2.44. The van der Waals surface area contributed by atoms with Crippen LogP contribution in [0.5, 0.6) is 0 Å². The van der Waals surface area contributed by atoms with Gasteiger partial charge in [-0.1, -0.05) is 31.0 Å². The molecule has 0 spiro atoms. The van der Waals surface area contributed by atoms with Crippen LogP contribution in [0.25, 0.3) is 0 Å². The van der Waals surface area contributed by atoms with Gasteiger partial charge in [0.1, 0.15) is 0 Å². The number of amides is 3. The molecule has 1 aliphatic heterocycles. The van der Waals surface area contributed by atoms with Gasteiger partial charge in [-0.05, 0) is 49.7 Å². The van der Waals surface area contributed by atoms with E-state index in [0.717, 1.165) is 29.0 Å². The normalized spacial score (nSPS) is 16.5. The molecule has 5 nitrogen and oxygen atoms in total. The number of hydrogen-bond donors (Lipinski definition) is 1. The summed E-state index contributed by atoms with van der Waals surface area (Å²) in [5.74, 6) is -0.352. The van der Waals surface area contributed by atoms with Crippen LogP contribution in [-0.4, -0.2) is 23.0 Å². The Balaban J connectivity index is 1.62. The minimum Gasteiger partial charge on any atom is -0.326 e. The first kappa shape index (κ1) is 20.1. The largest absolute Gasteiger partial charge is 0.326 e. The second-order valence-electron chi connectivity index (χ2n) is 6.89. The number of anilines is 2. The number of nitrogens with zero attached hydrogens (tertiary/aromatic N) is 1. The maximum atomic E-state index is 12.7. The molecule has 1 saturated heterocycles. The quantitative estimate of drug-likeness (QED) is 0.698. The molecule has 2 aromatic carbocycles. The number of carbonyl (C=O) groups excluding carboxylic acids is 3. The van der Waals surface area contributed by atoms with Gasteiger partial charge in [-0.25, -0.2) is 4.90 Å². The molecule has 6 heteroatoms. The number of carbonyl (C=O) groups is 3. The molecule has 1 N–H and O–H groups in total. The van der Waals surface area contributed by atoms with Crippen LogP contribution < -0.4 is 10.2 Å². The average Bonchev–Trinajstić information content (AvgIpc) is 2.96. The second kappa shape index (κ2) is 9.06. The third kappa shape index (κ3) is 4.81. The summed E-state index contributed by atoms with van der Waals surface area (Å²) < 4.78 is 0. The van der Waals surface area contributed by atoms with Gasteiger partial charge in [0.25, 0.3) is 0 Å². The Morgan fingerprint density at radius 1 is 1.11 bits per heavy atom. The SMILES string of the molecule is CCCCC(=O)Nc1ccc(S[C@H]2CC(=O)N(c3ccc(C)cc3)C2=O)cc1. The first-order chi connectivity index (χ1) is 13.5. The first-order valence-corrected chi connectivity index (χ1v) is 10.4. The molecule has 0 unspecified atom stereocenters. The summed E-state index contributed by atoms with van der Waals surface area (Å²) in [4.78, 5) is 39.1. The Morgan fingerprint density at radius 3 is 2.43 bits per heavy atom. The average molecular weight is 397 g/mol. The van der Waals surface area contributed by atoms with Crippen molar-refractivity contribution in [3.8, 4) is 0 Å². The minimum absolute atomic E-state index is 0.00700. The summed E-state index contributed by atoms with van der Waals surface area (Å²) in [6, 6.07) is 14.8. The minimum atomic E-state index is -0.432. The Bertz CT molecular complexity index is 862. The standard InChI is InChI=1S/C22H24N2O3S/c1-3-4-5-20(25)23-16-8-12-18(13-9-16)28-19-14-21(26)24(22(19)27)17-10-6-15(2)7-11-17/h6-13,19H,3-5,14H2,1-2H3,(H,23,25)/t19-/m0/s1. The molecule has 0 aromatic heterocycles. The molecule has 0 saturated carbocycles. The highest BCUT2D eigenvalue weighted by molar-refractivity contribution is 8.00. The van der Waals surface area contributed by atoms with Gasteiger partial charge in [-0.15, -0.1) is 11.8 Å². The van der Waals surface area contributed by atoms with Crippen molar-refractivity contribution < 1.29 is 14.4 Å². The fourth-order valence-electron chi connectivity index (χ4n) is 3.00. The number of nitrogens with one attached hydrogen (secondary N) is 1. The van der Waals surface area contributed by atoms with Gasteiger partial charge in [0, 0.05) is 23.4 Å². The topological polar surface area (TPSA) is 66.5 Å². The van der Waals surface area contributed by atoms with Gasteiger partial charge in [-0.3, -0.25) is 14.4 Å². The third-order valence-electron chi connectivity index (χ3n) is 4.57. The van der Waals surface area contributed by atoms with E-state index in [1.807, 2.05) is 50.2 Å². The fourth-order valence-corrected chi connectivity index (χ4v) is 4.06. The molecule has 3 rings (SSSR count). The van der Waals surface area contributed by atoms with Crippen LogP contribution in [0.2, 0.25) is 0 Å². The molecule has 0 bridgehead atoms. The van der Waals surface area contributed by atoms with Crippen LogP contribution in [0.1, 0.15) is 38.2 Å². The van der Waals surface area contributed by atoms with Gasteiger partial charge in [-0.2, -0.15) is 0 Å². The van der Waals surface area contributed by atoms with E-state index >= 15 is 0 Å². The van der Waals surface area contributed by atoms with Crippen LogP contribution >= 0.6 is 11.8 Å². The van der Waals surface area contributed by atoms with Crippen LogP contribution in [0, 0.1) is 6.92 Å². The Hall–Kier alpha value is -2.60. The molecule has 0 aliphatic carbocycles. The highest BCUT2D eigenvalue weighted by Gasteiger charge is 2.40. The Morgan fingerprint density at radius 2 is 1.79 bits per heavy atom. The van der Waals surface area contributed by atoms with E-state index in [2.05, 4.69) is 5.32 Å². The van der Waals surface area contributed by atoms with Gasteiger partial charge >= 0.3 is 0 Å². The number of rotatable bonds is 7. The summed E-state index contributed by atoms with van der Waals surface area (Å²) in [5, 5.41) is 2.44. The summed E-state index contributed by atoms with van der Waals surface area (Å²) in [6.45, 7) is 4.01. The molecule has 2 aromatic rings. The molecular weight excluding hydrogens is 372 g/mol. The van der Waals surface area contributed by atoms with E-state index in [-0.39, 0.29) is 24.1 Å². The number of unbranched alkanes of at least 4 members (excludes halogenated alkanes) is 1. The van der Waals surface area contributed by atoms with Crippen molar-refractivity contribution in [3.63, 3.8) is 0 Å². The zero-order valence-corrected chi connectivity index (χ0v) is 16.9. The lowest BCUT2D eigenvalue weighted by atomic mass is 10.2. The molecule has 1 atom stereocenters. The lowest BCUT2D eigenvalue weighted by molar-refractivity contribution is -0.121. The molecule has 0 radical (unpaired) electrons. The molecule has 3 amide bonds. The molecular formula is C22H24N2O3S. The lowest BCUT2D eigenvalue weighted by Crippen LogP contribution is -2.31. The van der Waals surface area contributed by atoms with Crippen molar-refractivity contribution >= 4 is 40.9 Å². The van der Waals surface area contributed by atoms with Gasteiger partial charge in [0.15, 0.2) is 0 Å². The lowest BCUT2D eigenvalue weighted by Gasteiger charge is -2.15. The molecule has 28 heavy (non-hydrogen) atoms. The summed E-state index contributed by atoms with van der Waals surface area (Å²) in [6.07, 6.45) is 2.55. The number of hydrogen-bond acceptors (Lipinski definition) is 4. The second-order valence-corrected chi connectivity index (χ2v) is 8.17. The fraction of sp³-hybridized carbons (Fsp3) is 0.318. The van der Waals surface area contributed by atoms with E-state index < -0.39 is 5.25 Å². The van der Waals surface area contributed by atoms with Crippen molar-refractivity contribution in [1.82, 2.24) is 0 Å². The van der Waals surface area contributed by atoms with E-state index in [9.17, 15) is 14.4 Å². The number of thioether (sulfide) groups is 1. The summed E-state index contributed by atoms with van der Waals surface area (Å²) >= 11 is 1.38. The maximum absolute atomic E-state index is 12.7. The zero-order chi connectivity index (χ0) is 20.1. The van der Waals surface area contributed by atoms with Crippen molar-refractivity contribution in [3.05, 3.63) is 54.1 Å². The predicted octanol–water partition coefficient (Wildman–Crippen LogP) is 4.55. The third-order valence-corrected chi connectivity index (χ3v) is 5.77. The van der Waals surface area contributed by atoms with Crippen molar-refractivity contribution in [2.45, 2.75) is 49.7 Å². The van der Waals surface area contributed by atoms with Gasteiger partial charge in [0.2, 0.25) is 17.7 Å². The highest BCUT2D eigenvalue weighted by Crippen LogP contribution is 2.34. The van der Waals surface area contributed by atoms with Crippen LogP contribution in [0.4, 0.5) is 11.4 Å². The number of benzene rings is 2. The predicted molar refractivity (Wildman–Crippen MR) is 113 cm³/mol. The summed E-state index contributed by atoms with van der Waals surface area (Å²) in [7, 11) is 0.